The molecule has 1 aromatic heterocycles. The number of nitrogens with one attached hydrogen (secondary N) is 1. The molecular formula is C11H19N3O. The van der Waals surface area contributed by atoms with Crippen molar-refractivity contribution in [2.45, 2.75) is 20.3 Å². The van der Waals surface area contributed by atoms with Gasteiger partial charge in [-0.1, -0.05) is 13.8 Å². The van der Waals surface area contributed by atoms with Gasteiger partial charge in [-0.25, -0.2) is 9.97 Å². The monoisotopic (exact) mass is 209 g/mol. The van der Waals surface area contributed by atoms with Gasteiger partial charge in [0.15, 0.2) is 0 Å². The summed E-state index contributed by atoms with van der Waals surface area (Å²) in [5.41, 5.74) is 1.06. The molecular weight excluding hydrogens is 190 g/mol. The molecule has 1 atom stereocenters. The molecule has 1 N–H and O–H groups in total. The summed E-state index contributed by atoms with van der Waals surface area (Å²) in [5.74, 6) is 1.37. The third kappa shape index (κ3) is 4.25. The van der Waals surface area contributed by atoms with Gasteiger partial charge in [-0.2, -0.15) is 0 Å². The standard InChI is InChI=1S/C11H19N3O/c1-4-10-5-11(14-8-13-10)12-6-9(2)7-15-3/h5,8-9H,4,6-7H2,1-3H3,(H,12,13,14). The maximum Gasteiger partial charge on any atom is 0.129 e. The average molecular weight is 209 g/mol. The fraction of sp³-hybridized carbons (Fsp3) is 0.636. The molecule has 0 saturated heterocycles. The zero-order valence-electron chi connectivity index (χ0n) is 9.66. The fourth-order valence-corrected chi connectivity index (χ4v) is 1.31. The second-order valence-corrected chi connectivity index (χ2v) is 3.69. The minimum absolute atomic E-state index is 0.482. The van der Waals surface area contributed by atoms with Crippen molar-refractivity contribution >= 4 is 5.82 Å². The highest BCUT2D eigenvalue weighted by atomic mass is 16.5. The summed E-state index contributed by atoms with van der Waals surface area (Å²) < 4.78 is 5.06. The summed E-state index contributed by atoms with van der Waals surface area (Å²) in [6.07, 6.45) is 2.53. The Bertz CT molecular complexity index is 291. The van der Waals surface area contributed by atoms with Crippen molar-refractivity contribution in [2.24, 2.45) is 5.92 Å². The van der Waals surface area contributed by atoms with Crippen molar-refractivity contribution in [1.29, 1.82) is 0 Å². The van der Waals surface area contributed by atoms with E-state index in [1.54, 1.807) is 13.4 Å². The number of aryl methyl sites for hydroxylation is 1. The Morgan fingerprint density at radius 2 is 2.27 bits per heavy atom. The number of hydrogen-bond acceptors (Lipinski definition) is 4. The lowest BCUT2D eigenvalue weighted by Gasteiger charge is -2.11. The second-order valence-electron chi connectivity index (χ2n) is 3.69. The smallest absolute Gasteiger partial charge is 0.129 e. The first-order chi connectivity index (χ1) is 7.26. The minimum Gasteiger partial charge on any atom is -0.384 e. The Balaban J connectivity index is 2.43. The van der Waals surface area contributed by atoms with E-state index in [1.165, 1.54) is 0 Å². The van der Waals surface area contributed by atoms with Crippen molar-refractivity contribution in [3.8, 4) is 0 Å². The molecule has 0 radical (unpaired) electrons. The minimum atomic E-state index is 0.482. The van der Waals surface area contributed by atoms with Crippen molar-refractivity contribution in [3.05, 3.63) is 18.1 Å². The topological polar surface area (TPSA) is 47.0 Å². The predicted octanol–water partition coefficient (Wildman–Crippen LogP) is 1.73. The van der Waals surface area contributed by atoms with E-state index in [1.807, 2.05) is 6.07 Å². The van der Waals surface area contributed by atoms with Crippen molar-refractivity contribution in [1.82, 2.24) is 9.97 Å². The van der Waals surface area contributed by atoms with Gasteiger partial charge in [0.05, 0.1) is 6.61 Å². The average Bonchev–Trinajstić information content (AvgIpc) is 2.27. The maximum absolute atomic E-state index is 5.06. The van der Waals surface area contributed by atoms with E-state index < -0.39 is 0 Å². The molecule has 0 aliphatic carbocycles. The summed E-state index contributed by atoms with van der Waals surface area (Å²) in [4.78, 5) is 8.30. The van der Waals surface area contributed by atoms with Crippen LogP contribution in [-0.4, -0.2) is 30.2 Å². The van der Waals surface area contributed by atoms with Crippen LogP contribution in [-0.2, 0) is 11.2 Å². The fourth-order valence-electron chi connectivity index (χ4n) is 1.31. The van der Waals surface area contributed by atoms with E-state index in [-0.39, 0.29) is 0 Å². The first-order valence-electron chi connectivity index (χ1n) is 5.30. The number of ether oxygens (including phenoxy) is 1. The van der Waals surface area contributed by atoms with Crippen molar-refractivity contribution in [2.75, 3.05) is 25.6 Å². The molecule has 0 aromatic carbocycles. The highest BCUT2D eigenvalue weighted by molar-refractivity contribution is 5.34. The molecule has 1 rings (SSSR count). The summed E-state index contributed by atoms with van der Waals surface area (Å²) in [6, 6.07) is 1.99. The highest BCUT2D eigenvalue weighted by Crippen LogP contribution is 2.05. The third-order valence-electron chi connectivity index (χ3n) is 2.17. The summed E-state index contributed by atoms with van der Waals surface area (Å²) in [6.45, 7) is 5.85. The molecule has 1 aromatic rings. The number of hydrogen-bond donors (Lipinski definition) is 1. The molecule has 4 heteroatoms. The van der Waals surface area contributed by atoms with Gasteiger partial charge >= 0.3 is 0 Å². The van der Waals surface area contributed by atoms with Crippen LogP contribution in [0.1, 0.15) is 19.5 Å². The van der Waals surface area contributed by atoms with Gasteiger partial charge in [-0.05, 0) is 12.3 Å². The quantitative estimate of drug-likeness (QED) is 0.775. The number of methoxy groups -OCH3 is 1. The zero-order chi connectivity index (χ0) is 11.1. The van der Waals surface area contributed by atoms with E-state index in [0.29, 0.717) is 5.92 Å². The number of nitrogens with zero attached hydrogens (tertiary/aromatic N) is 2. The SMILES string of the molecule is CCc1cc(NCC(C)COC)ncn1. The molecule has 84 valence electrons. The van der Waals surface area contributed by atoms with Crippen LogP contribution in [0, 0.1) is 5.92 Å². The molecule has 1 unspecified atom stereocenters. The Labute approximate surface area is 91.1 Å². The lowest BCUT2D eigenvalue weighted by Crippen LogP contribution is -2.16. The van der Waals surface area contributed by atoms with Crippen LogP contribution in [0.4, 0.5) is 5.82 Å². The first-order valence-corrected chi connectivity index (χ1v) is 5.30. The van der Waals surface area contributed by atoms with Gasteiger partial charge in [0.1, 0.15) is 12.1 Å². The van der Waals surface area contributed by atoms with Crippen LogP contribution >= 0.6 is 0 Å². The molecule has 0 spiro atoms. The van der Waals surface area contributed by atoms with E-state index in [2.05, 4.69) is 29.1 Å². The normalized spacial score (nSPS) is 12.5. The number of aromatic nitrogens is 2. The number of anilines is 1. The van der Waals surface area contributed by atoms with Gasteiger partial charge < -0.3 is 10.1 Å². The van der Waals surface area contributed by atoms with Gasteiger partial charge in [-0.15, -0.1) is 0 Å². The summed E-state index contributed by atoms with van der Waals surface area (Å²) in [7, 11) is 1.72. The molecule has 4 nitrogen and oxygen atoms in total. The van der Waals surface area contributed by atoms with E-state index in [0.717, 1.165) is 31.1 Å². The van der Waals surface area contributed by atoms with Crippen LogP contribution in [0.2, 0.25) is 0 Å². The van der Waals surface area contributed by atoms with Gasteiger partial charge in [0, 0.05) is 25.4 Å². The van der Waals surface area contributed by atoms with E-state index in [4.69, 9.17) is 4.74 Å². The second kappa shape index (κ2) is 6.35. The number of rotatable bonds is 6. The first kappa shape index (κ1) is 11.9. The van der Waals surface area contributed by atoms with Gasteiger partial charge in [-0.3, -0.25) is 0 Å². The van der Waals surface area contributed by atoms with Crippen LogP contribution in [0.15, 0.2) is 12.4 Å². The highest BCUT2D eigenvalue weighted by Gasteiger charge is 2.02. The van der Waals surface area contributed by atoms with E-state index in [9.17, 15) is 0 Å². The zero-order valence-corrected chi connectivity index (χ0v) is 9.66. The molecule has 1 heterocycles. The Morgan fingerprint density at radius 1 is 1.47 bits per heavy atom. The molecule has 0 saturated carbocycles. The molecule has 0 aliphatic heterocycles. The van der Waals surface area contributed by atoms with Gasteiger partial charge in [0.2, 0.25) is 0 Å². The van der Waals surface area contributed by atoms with Crippen LogP contribution in [0.25, 0.3) is 0 Å². The van der Waals surface area contributed by atoms with Crippen LogP contribution in [0.5, 0.6) is 0 Å². The molecule has 0 aliphatic rings. The Kier molecular flexibility index (Phi) is 5.04. The maximum atomic E-state index is 5.06. The van der Waals surface area contributed by atoms with E-state index >= 15 is 0 Å². The van der Waals surface area contributed by atoms with Crippen molar-refractivity contribution < 1.29 is 4.74 Å². The molecule has 0 amide bonds. The van der Waals surface area contributed by atoms with Crippen LogP contribution < -0.4 is 5.32 Å². The van der Waals surface area contributed by atoms with Gasteiger partial charge in [0.25, 0.3) is 0 Å². The Morgan fingerprint density at radius 3 is 2.93 bits per heavy atom. The lowest BCUT2D eigenvalue weighted by molar-refractivity contribution is 0.164. The largest absolute Gasteiger partial charge is 0.384 e. The van der Waals surface area contributed by atoms with Crippen molar-refractivity contribution in [3.63, 3.8) is 0 Å². The summed E-state index contributed by atoms with van der Waals surface area (Å²) >= 11 is 0. The summed E-state index contributed by atoms with van der Waals surface area (Å²) in [5, 5.41) is 3.27. The lowest BCUT2D eigenvalue weighted by atomic mass is 10.2. The molecule has 0 bridgehead atoms. The Hall–Kier alpha value is -1.16. The molecule has 15 heavy (non-hydrogen) atoms. The molecule has 0 fully saturated rings. The van der Waals surface area contributed by atoms with Crippen LogP contribution in [0.3, 0.4) is 0 Å². The third-order valence-corrected chi connectivity index (χ3v) is 2.17. The predicted molar refractivity (Wildman–Crippen MR) is 60.9 cm³/mol.